The molecule has 1 fully saturated rings. The molecular weight excluding hydrogens is 418 g/mol. The number of anilines is 1. The molecule has 0 bridgehead atoms. The van der Waals surface area contributed by atoms with Crippen molar-refractivity contribution in [2.45, 2.75) is 32.3 Å². The molecule has 3 aromatic rings. The van der Waals surface area contributed by atoms with E-state index in [1.807, 2.05) is 62.1 Å². The van der Waals surface area contributed by atoms with Gasteiger partial charge in [0, 0.05) is 30.2 Å². The smallest absolute Gasteiger partial charge is 0.232 e. The number of rotatable bonds is 5. The van der Waals surface area contributed by atoms with Gasteiger partial charge in [0.05, 0.1) is 31.4 Å². The highest BCUT2D eigenvalue weighted by atomic mass is 16.5. The molecule has 4 rings (SSSR count). The number of pyridine rings is 1. The van der Waals surface area contributed by atoms with Crippen LogP contribution >= 0.6 is 0 Å². The molecule has 2 N–H and O–H groups in total. The van der Waals surface area contributed by atoms with Gasteiger partial charge in [0.25, 0.3) is 0 Å². The lowest BCUT2D eigenvalue weighted by molar-refractivity contribution is -0.144. The number of carbonyl (C=O) groups excluding carboxylic acids is 1. The Bertz CT molecular complexity index is 1130. The Balaban J connectivity index is 1.55. The van der Waals surface area contributed by atoms with Crippen LogP contribution < -0.4 is 10.5 Å². The van der Waals surface area contributed by atoms with E-state index in [1.54, 1.807) is 19.5 Å². The molecule has 2 aromatic heterocycles. The molecule has 0 unspecified atom stereocenters. The summed E-state index contributed by atoms with van der Waals surface area (Å²) in [4.78, 5) is 28.3. The van der Waals surface area contributed by atoms with Crippen molar-refractivity contribution in [3.63, 3.8) is 0 Å². The van der Waals surface area contributed by atoms with Crippen LogP contribution in [0.3, 0.4) is 0 Å². The number of amides is 1. The van der Waals surface area contributed by atoms with Gasteiger partial charge in [-0.1, -0.05) is 12.1 Å². The van der Waals surface area contributed by atoms with Gasteiger partial charge in [-0.3, -0.25) is 9.78 Å². The Morgan fingerprint density at radius 3 is 2.52 bits per heavy atom. The number of nitrogen functional groups attached to an aromatic ring is 1. The van der Waals surface area contributed by atoms with Gasteiger partial charge in [-0.25, -0.2) is 9.97 Å². The molecule has 1 amide bonds. The summed E-state index contributed by atoms with van der Waals surface area (Å²) in [5.74, 6) is 1.05. The van der Waals surface area contributed by atoms with Crippen molar-refractivity contribution in [3.8, 4) is 16.9 Å². The first kappa shape index (κ1) is 22.7. The van der Waals surface area contributed by atoms with Gasteiger partial charge in [0.15, 0.2) is 0 Å². The van der Waals surface area contributed by atoms with Crippen molar-refractivity contribution in [1.82, 2.24) is 19.9 Å². The van der Waals surface area contributed by atoms with Crippen molar-refractivity contribution in [1.29, 1.82) is 0 Å². The van der Waals surface area contributed by atoms with Crippen LogP contribution in [0.2, 0.25) is 0 Å². The molecule has 8 nitrogen and oxygen atoms in total. The van der Waals surface area contributed by atoms with Crippen LogP contribution in [0.4, 0.5) is 5.95 Å². The van der Waals surface area contributed by atoms with E-state index in [1.165, 1.54) is 0 Å². The highest BCUT2D eigenvalue weighted by molar-refractivity contribution is 5.87. The molecule has 33 heavy (non-hydrogen) atoms. The van der Waals surface area contributed by atoms with Crippen molar-refractivity contribution in [3.05, 3.63) is 65.7 Å². The first-order chi connectivity index (χ1) is 15.8. The van der Waals surface area contributed by atoms with Crippen LogP contribution in [0, 0.1) is 6.92 Å². The van der Waals surface area contributed by atoms with Crippen molar-refractivity contribution in [2.24, 2.45) is 0 Å². The van der Waals surface area contributed by atoms with E-state index in [2.05, 4.69) is 9.97 Å². The minimum atomic E-state index is -0.680. The van der Waals surface area contributed by atoms with Gasteiger partial charge < -0.3 is 20.1 Å². The summed E-state index contributed by atoms with van der Waals surface area (Å²) in [6.07, 6.45) is 3.06. The summed E-state index contributed by atoms with van der Waals surface area (Å²) in [6.45, 7) is 7.26. The van der Waals surface area contributed by atoms with Crippen LogP contribution in [0.15, 0.2) is 48.8 Å². The second-order valence-electron chi connectivity index (χ2n) is 8.72. The predicted octanol–water partition coefficient (Wildman–Crippen LogP) is 3.32. The van der Waals surface area contributed by atoms with E-state index in [4.69, 9.17) is 20.2 Å². The Kier molecular flexibility index (Phi) is 6.29. The van der Waals surface area contributed by atoms with E-state index in [-0.39, 0.29) is 18.0 Å². The molecule has 1 aliphatic heterocycles. The third-order valence-electron chi connectivity index (χ3n) is 6.01. The summed E-state index contributed by atoms with van der Waals surface area (Å²) < 4.78 is 11.3. The Hall–Kier alpha value is -3.52. The second kappa shape index (κ2) is 9.15. The lowest BCUT2D eigenvalue weighted by atomic mass is 9.83. The fraction of sp³-hybridized carbons (Fsp3) is 0.360. The number of ether oxygens (including phenoxy) is 2. The first-order valence-corrected chi connectivity index (χ1v) is 10.9. The average Bonchev–Trinajstić information content (AvgIpc) is 2.83. The Morgan fingerprint density at radius 1 is 1.15 bits per heavy atom. The molecular formula is C25H29N5O3. The van der Waals surface area contributed by atoms with Crippen molar-refractivity contribution in [2.75, 3.05) is 32.5 Å². The third-order valence-corrected chi connectivity index (χ3v) is 6.01. The summed E-state index contributed by atoms with van der Waals surface area (Å²) in [5.41, 5.74) is 9.29. The van der Waals surface area contributed by atoms with Crippen LogP contribution in [0.25, 0.3) is 11.1 Å². The monoisotopic (exact) mass is 447 g/mol. The lowest BCUT2D eigenvalue weighted by Crippen LogP contribution is -2.49. The maximum atomic E-state index is 13.5. The molecule has 172 valence electrons. The van der Waals surface area contributed by atoms with Crippen LogP contribution in [-0.4, -0.2) is 52.6 Å². The maximum absolute atomic E-state index is 13.5. The Morgan fingerprint density at radius 2 is 1.85 bits per heavy atom. The number of aryl methyl sites for hydroxylation is 1. The number of nitrogens with zero attached hydrogens (tertiary/aromatic N) is 4. The van der Waals surface area contributed by atoms with Gasteiger partial charge >= 0.3 is 0 Å². The van der Waals surface area contributed by atoms with E-state index in [9.17, 15) is 4.79 Å². The average molecular weight is 448 g/mol. The molecule has 1 saturated heterocycles. The summed E-state index contributed by atoms with van der Waals surface area (Å²) in [7, 11) is 1.63. The highest BCUT2D eigenvalue weighted by Crippen LogP contribution is 2.31. The standard InChI is InChI=1S/C25H29N5O3/c1-16-11-17(18-13-27-24(26)28-14-18)12-21(29-16)22-15-30(9-10-33-22)23(31)25(2,3)19-5-7-20(32-4)8-6-19/h5-8,11-14,22H,9-10,15H2,1-4H3,(H2,26,27,28)/t22-/m0/s1. The van der Waals surface area contributed by atoms with E-state index < -0.39 is 5.41 Å². The van der Waals surface area contributed by atoms with Crippen molar-refractivity contribution < 1.29 is 14.3 Å². The third kappa shape index (κ3) is 4.80. The molecule has 0 spiro atoms. The van der Waals surface area contributed by atoms with Crippen LogP contribution in [-0.2, 0) is 14.9 Å². The topological polar surface area (TPSA) is 103 Å². The highest BCUT2D eigenvalue weighted by Gasteiger charge is 2.37. The van der Waals surface area contributed by atoms with Crippen LogP contribution in [0.1, 0.15) is 36.9 Å². The molecule has 1 atom stereocenters. The SMILES string of the molecule is COc1ccc(C(C)(C)C(=O)N2CCO[C@H](c3cc(-c4cnc(N)nc4)cc(C)n3)C2)cc1. The van der Waals surface area contributed by atoms with Gasteiger partial charge in [-0.15, -0.1) is 0 Å². The maximum Gasteiger partial charge on any atom is 0.232 e. The zero-order valence-electron chi connectivity index (χ0n) is 19.4. The normalized spacial score (nSPS) is 16.5. The molecule has 1 aliphatic rings. The van der Waals surface area contributed by atoms with Gasteiger partial charge in [-0.05, 0) is 56.2 Å². The number of benzene rings is 1. The lowest BCUT2D eigenvalue weighted by Gasteiger charge is -2.37. The fourth-order valence-corrected chi connectivity index (χ4v) is 4.05. The number of aromatic nitrogens is 3. The largest absolute Gasteiger partial charge is 0.497 e. The number of nitrogens with two attached hydrogens (primary N) is 1. The molecule has 0 saturated carbocycles. The fourth-order valence-electron chi connectivity index (χ4n) is 4.05. The summed E-state index contributed by atoms with van der Waals surface area (Å²) in [5, 5.41) is 0. The van der Waals surface area contributed by atoms with Gasteiger partial charge in [-0.2, -0.15) is 0 Å². The predicted molar refractivity (Wildman–Crippen MR) is 126 cm³/mol. The summed E-state index contributed by atoms with van der Waals surface area (Å²) >= 11 is 0. The number of hydrogen-bond donors (Lipinski definition) is 1. The summed E-state index contributed by atoms with van der Waals surface area (Å²) in [6, 6.07) is 11.6. The van der Waals surface area contributed by atoms with Gasteiger partial charge in [0.2, 0.25) is 11.9 Å². The van der Waals surface area contributed by atoms with E-state index in [0.717, 1.165) is 33.8 Å². The Labute approximate surface area is 193 Å². The number of hydrogen-bond acceptors (Lipinski definition) is 7. The molecule has 0 radical (unpaired) electrons. The molecule has 8 heteroatoms. The minimum absolute atomic E-state index is 0.0563. The van der Waals surface area contributed by atoms with E-state index >= 15 is 0 Å². The minimum Gasteiger partial charge on any atom is -0.497 e. The number of carbonyl (C=O) groups is 1. The van der Waals surface area contributed by atoms with Gasteiger partial charge in [0.1, 0.15) is 11.9 Å². The number of morpholine rings is 1. The first-order valence-electron chi connectivity index (χ1n) is 10.9. The van der Waals surface area contributed by atoms with Crippen LogP contribution in [0.5, 0.6) is 5.75 Å². The molecule has 3 heterocycles. The zero-order valence-corrected chi connectivity index (χ0v) is 19.4. The second-order valence-corrected chi connectivity index (χ2v) is 8.72. The van der Waals surface area contributed by atoms with E-state index in [0.29, 0.717) is 19.7 Å². The molecule has 0 aliphatic carbocycles. The molecule has 1 aromatic carbocycles. The van der Waals surface area contributed by atoms with Crippen molar-refractivity contribution >= 4 is 11.9 Å². The quantitative estimate of drug-likeness (QED) is 0.640. The zero-order chi connectivity index (χ0) is 23.6. The number of methoxy groups -OCH3 is 1.